The van der Waals surface area contributed by atoms with E-state index in [1.807, 2.05) is 6.92 Å². The second-order valence-electron chi connectivity index (χ2n) is 6.85. The van der Waals surface area contributed by atoms with Crippen molar-refractivity contribution in [3.8, 4) is 0 Å². The smallest absolute Gasteiger partial charge is 0.233 e. The molecule has 5 nitrogen and oxygen atoms in total. The quantitative estimate of drug-likeness (QED) is 0.878. The summed E-state index contributed by atoms with van der Waals surface area (Å²) in [6.45, 7) is 9.27. The molecule has 3 rings (SSSR count). The number of hydrogen-bond acceptors (Lipinski definition) is 5. The molecule has 1 aliphatic rings. The van der Waals surface area contributed by atoms with Crippen LogP contribution in [0.5, 0.6) is 0 Å². The first-order chi connectivity index (χ1) is 11.6. The molecule has 0 bridgehead atoms. The van der Waals surface area contributed by atoms with Gasteiger partial charge in [-0.3, -0.25) is 4.90 Å². The van der Waals surface area contributed by atoms with E-state index in [4.69, 9.17) is 4.42 Å². The summed E-state index contributed by atoms with van der Waals surface area (Å²) in [5.41, 5.74) is 2.76. The van der Waals surface area contributed by atoms with E-state index in [0.29, 0.717) is 17.8 Å². The molecule has 130 valence electrons. The molecule has 1 fully saturated rings. The van der Waals surface area contributed by atoms with Crippen LogP contribution in [0.25, 0.3) is 0 Å². The van der Waals surface area contributed by atoms with E-state index in [2.05, 4.69) is 58.5 Å². The Morgan fingerprint density at radius 3 is 2.75 bits per heavy atom. The Hall–Kier alpha value is -1.72. The molecule has 0 amide bonds. The van der Waals surface area contributed by atoms with Gasteiger partial charge in [-0.2, -0.15) is 0 Å². The summed E-state index contributed by atoms with van der Waals surface area (Å²) in [6, 6.07) is 9.44. The van der Waals surface area contributed by atoms with E-state index < -0.39 is 0 Å². The number of piperidine rings is 1. The van der Waals surface area contributed by atoms with Crippen molar-refractivity contribution in [3.63, 3.8) is 0 Å². The van der Waals surface area contributed by atoms with Crippen molar-refractivity contribution in [2.75, 3.05) is 6.54 Å². The predicted molar refractivity (Wildman–Crippen MR) is 94.5 cm³/mol. The summed E-state index contributed by atoms with van der Waals surface area (Å²) in [5, 5.41) is 11.5. The van der Waals surface area contributed by atoms with Crippen molar-refractivity contribution in [1.29, 1.82) is 0 Å². The zero-order valence-corrected chi connectivity index (χ0v) is 15.0. The maximum absolute atomic E-state index is 5.51. The molecule has 0 spiro atoms. The fraction of sp³-hybridized carbons (Fsp3) is 0.579. The van der Waals surface area contributed by atoms with Gasteiger partial charge in [0.2, 0.25) is 11.8 Å². The highest BCUT2D eigenvalue weighted by molar-refractivity contribution is 5.27. The minimum Gasteiger partial charge on any atom is -0.424 e. The summed E-state index contributed by atoms with van der Waals surface area (Å²) < 4.78 is 5.51. The number of nitrogens with one attached hydrogen (secondary N) is 1. The SMILES string of the molecule is Cc1nnc([C@@H](C)NCc2ccccc2CN2CCCC[C@@H]2C)o1. The van der Waals surface area contributed by atoms with Crippen molar-refractivity contribution in [2.45, 2.75) is 65.2 Å². The zero-order valence-electron chi connectivity index (χ0n) is 15.0. The van der Waals surface area contributed by atoms with Gasteiger partial charge in [-0.1, -0.05) is 30.7 Å². The third-order valence-corrected chi connectivity index (χ3v) is 4.94. The third-order valence-electron chi connectivity index (χ3n) is 4.94. The lowest BCUT2D eigenvalue weighted by Crippen LogP contribution is -2.37. The van der Waals surface area contributed by atoms with Gasteiger partial charge in [0.1, 0.15) is 0 Å². The molecule has 0 radical (unpaired) electrons. The van der Waals surface area contributed by atoms with Crippen LogP contribution >= 0.6 is 0 Å². The van der Waals surface area contributed by atoms with Crippen molar-refractivity contribution in [3.05, 3.63) is 47.2 Å². The summed E-state index contributed by atoms with van der Waals surface area (Å²) >= 11 is 0. The second-order valence-corrected chi connectivity index (χ2v) is 6.85. The Bertz CT molecular complexity index is 654. The summed E-state index contributed by atoms with van der Waals surface area (Å²) in [4.78, 5) is 2.60. The number of benzene rings is 1. The lowest BCUT2D eigenvalue weighted by molar-refractivity contribution is 0.152. The van der Waals surface area contributed by atoms with E-state index >= 15 is 0 Å². The lowest BCUT2D eigenvalue weighted by Gasteiger charge is -2.33. The minimum atomic E-state index is 0.0492. The Morgan fingerprint density at radius 1 is 1.25 bits per heavy atom. The maximum Gasteiger partial charge on any atom is 0.233 e. The Labute approximate surface area is 144 Å². The standard InChI is InChI=1S/C19H28N4O/c1-14-8-6-7-11-23(14)13-18-10-5-4-9-17(18)12-20-15(2)19-22-21-16(3)24-19/h4-5,9-10,14-15,20H,6-8,11-13H2,1-3H3/t14-,15+/m0/s1. The van der Waals surface area contributed by atoms with Crippen LogP contribution in [0.4, 0.5) is 0 Å². The first kappa shape index (κ1) is 17.1. The average molecular weight is 328 g/mol. The summed E-state index contributed by atoms with van der Waals surface area (Å²) in [6.07, 6.45) is 3.99. The molecule has 2 heterocycles. The monoisotopic (exact) mass is 328 g/mol. The molecular weight excluding hydrogens is 300 g/mol. The molecule has 2 aromatic rings. The minimum absolute atomic E-state index is 0.0492. The average Bonchev–Trinajstić information content (AvgIpc) is 3.02. The highest BCUT2D eigenvalue weighted by atomic mass is 16.4. The van der Waals surface area contributed by atoms with Gasteiger partial charge >= 0.3 is 0 Å². The fourth-order valence-corrected chi connectivity index (χ4v) is 3.33. The fourth-order valence-electron chi connectivity index (χ4n) is 3.33. The first-order valence-electron chi connectivity index (χ1n) is 8.97. The Morgan fingerprint density at radius 2 is 2.04 bits per heavy atom. The van der Waals surface area contributed by atoms with Crippen LogP contribution < -0.4 is 5.32 Å². The number of hydrogen-bond donors (Lipinski definition) is 1. The summed E-state index contributed by atoms with van der Waals surface area (Å²) in [5.74, 6) is 1.26. The largest absolute Gasteiger partial charge is 0.424 e. The van der Waals surface area contributed by atoms with E-state index in [9.17, 15) is 0 Å². The number of nitrogens with zero attached hydrogens (tertiary/aromatic N) is 3. The molecule has 1 aliphatic heterocycles. The molecule has 24 heavy (non-hydrogen) atoms. The van der Waals surface area contributed by atoms with Crippen LogP contribution in [0, 0.1) is 6.92 Å². The van der Waals surface area contributed by atoms with Gasteiger partial charge in [-0.05, 0) is 44.4 Å². The van der Waals surface area contributed by atoms with Crippen LogP contribution in [0.1, 0.15) is 62.1 Å². The Balaban J connectivity index is 1.63. The molecule has 0 saturated carbocycles. The normalized spacial score (nSPS) is 20.2. The van der Waals surface area contributed by atoms with Crippen LogP contribution in [-0.4, -0.2) is 27.7 Å². The number of aromatic nitrogens is 2. The van der Waals surface area contributed by atoms with Crippen LogP contribution in [0.3, 0.4) is 0 Å². The zero-order chi connectivity index (χ0) is 16.9. The molecule has 1 aromatic heterocycles. The predicted octanol–water partition coefficient (Wildman–Crippen LogP) is 3.60. The van der Waals surface area contributed by atoms with Gasteiger partial charge in [0.15, 0.2) is 0 Å². The Kier molecular flexibility index (Phi) is 5.63. The second kappa shape index (κ2) is 7.90. The first-order valence-corrected chi connectivity index (χ1v) is 8.97. The molecule has 0 unspecified atom stereocenters. The van der Waals surface area contributed by atoms with Gasteiger partial charge in [-0.15, -0.1) is 10.2 Å². The van der Waals surface area contributed by atoms with Gasteiger partial charge in [-0.25, -0.2) is 0 Å². The maximum atomic E-state index is 5.51. The summed E-state index contributed by atoms with van der Waals surface area (Å²) in [7, 11) is 0. The van der Waals surface area contributed by atoms with Gasteiger partial charge in [0.25, 0.3) is 0 Å². The van der Waals surface area contributed by atoms with Crippen molar-refractivity contribution in [2.24, 2.45) is 0 Å². The number of rotatable bonds is 6. The highest BCUT2D eigenvalue weighted by Crippen LogP contribution is 2.21. The molecule has 1 saturated heterocycles. The van der Waals surface area contributed by atoms with E-state index in [1.165, 1.54) is 36.9 Å². The number of likely N-dealkylation sites (tertiary alicyclic amines) is 1. The molecule has 1 N–H and O–H groups in total. The number of aryl methyl sites for hydroxylation is 1. The topological polar surface area (TPSA) is 54.2 Å². The van der Waals surface area contributed by atoms with E-state index in [0.717, 1.165) is 13.1 Å². The van der Waals surface area contributed by atoms with E-state index in [1.54, 1.807) is 0 Å². The van der Waals surface area contributed by atoms with Gasteiger partial charge in [0, 0.05) is 26.1 Å². The van der Waals surface area contributed by atoms with Gasteiger partial charge < -0.3 is 9.73 Å². The van der Waals surface area contributed by atoms with Crippen molar-refractivity contribution in [1.82, 2.24) is 20.4 Å². The third kappa shape index (κ3) is 4.22. The van der Waals surface area contributed by atoms with Crippen LogP contribution in [-0.2, 0) is 13.1 Å². The molecule has 2 atom stereocenters. The highest BCUT2D eigenvalue weighted by Gasteiger charge is 2.19. The van der Waals surface area contributed by atoms with Crippen molar-refractivity contribution < 1.29 is 4.42 Å². The molecular formula is C19H28N4O. The molecule has 0 aliphatic carbocycles. The van der Waals surface area contributed by atoms with Gasteiger partial charge in [0.05, 0.1) is 6.04 Å². The van der Waals surface area contributed by atoms with Crippen LogP contribution in [0.15, 0.2) is 28.7 Å². The van der Waals surface area contributed by atoms with Crippen molar-refractivity contribution >= 4 is 0 Å². The van der Waals surface area contributed by atoms with Crippen LogP contribution in [0.2, 0.25) is 0 Å². The molecule has 5 heteroatoms. The van der Waals surface area contributed by atoms with E-state index in [-0.39, 0.29) is 6.04 Å². The lowest BCUT2D eigenvalue weighted by atomic mass is 10.0. The molecule has 1 aromatic carbocycles.